The SMILES string of the molecule is C=CC(=N)[O-].C=CC(=O)OCC[N+](C)(C)C.COS(=O)(=O)O. The summed E-state index contributed by atoms with van der Waals surface area (Å²) in [5.74, 6) is -1.08. The molecule has 22 heavy (non-hydrogen) atoms. The van der Waals surface area contributed by atoms with Crippen LogP contribution in [0.4, 0.5) is 0 Å². The number of rotatable bonds is 6. The van der Waals surface area contributed by atoms with Gasteiger partial charge in [0.05, 0.1) is 28.3 Å². The number of carbonyl (C=O) groups is 1. The Kier molecular flexibility index (Phi) is 14.8. The van der Waals surface area contributed by atoms with Crippen molar-refractivity contribution in [2.75, 3.05) is 41.4 Å². The Morgan fingerprint density at radius 3 is 1.86 bits per heavy atom. The second-order valence-corrected chi connectivity index (χ2v) is 5.74. The minimum absolute atomic E-state index is 0.349. The highest BCUT2D eigenvalue weighted by Crippen LogP contribution is 1.89. The summed E-state index contributed by atoms with van der Waals surface area (Å²) in [5, 5.41) is 15.4. The summed E-state index contributed by atoms with van der Waals surface area (Å²) in [5.41, 5.74) is 0. The second-order valence-electron chi connectivity index (χ2n) is 4.55. The molecule has 0 spiro atoms. The molecule has 0 saturated heterocycles. The highest BCUT2D eigenvalue weighted by Gasteiger charge is 2.06. The molecule has 0 fully saturated rings. The summed E-state index contributed by atoms with van der Waals surface area (Å²) in [6.45, 7) is 7.59. The first-order chi connectivity index (χ1) is 9.79. The second kappa shape index (κ2) is 13.0. The van der Waals surface area contributed by atoms with E-state index in [-0.39, 0.29) is 5.97 Å². The van der Waals surface area contributed by atoms with Crippen LogP contribution in [0.1, 0.15) is 0 Å². The van der Waals surface area contributed by atoms with Gasteiger partial charge in [-0.05, 0) is 5.90 Å². The van der Waals surface area contributed by atoms with Crippen molar-refractivity contribution < 1.29 is 36.3 Å². The first-order valence-electron chi connectivity index (χ1n) is 5.79. The fraction of sp³-hybridized carbons (Fsp3) is 0.500. The zero-order valence-corrected chi connectivity index (χ0v) is 14.1. The van der Waals surface area contributed by atoms with E-state index in [2.05, 4.69) is 17.3 Å². The minimum atomic E-state index is -4.16. The molecule has 0 radical (unpaired) electrons. The average molecular weight is 340 g/mol. The Labute approximate surface area is 131 Å². The number of hydrogen-bond donors (Lipinski definition) is 2. The van der Waals surface area contributed by atoms with E-state index in [1.54, 1.807) is 0 Å². The summed E-state index contributed by atoms with van der Waals surface area (Å²) in [6.07, 6.45) is 2.12. The van der Waals surface area contributed by atoms with Crippen molar-refractivity contribution in [2.45, 2.75) is 0 Å². The number of nitrogens with one attached hydrogen (secondary N) is 1. The predicted molar refractivity (Wildman–Crippen MR) is 80.5 cm³/mol. The molecule has 0 bridgehead atoms. The molecule has 0 amide bonds. The molecule has 0 aromatic carbocycles. The largest absolute Gasteiger partial charge is 0.859 e. The highest BCUT2D eigenvalue weighted by atomic mass is 32.3. The third-order valence-electron chi connectivity index (χ3n) is 1.57. The molecule has 0 heterocycles. The van der Waals surface area contributed by atoms with E-state index >= 15 is 0 Å². The maximum absolute atomic E-state index is 10.6. The van der Waals surface area contributed by atoms with E-state index in [9.17, 15) is 18.3 Å². The fourth-order valence-electron chi connectivity index (χ4n) is 0.479. The Hall–Kier alpha value is -1.75. The van der Waals surface area contributed by atoms with Crippen LogP contribution in [-0.2, 0) is 24.1 Å². The van der Waals surface area contributed by atoms with Gasteiger partial charge in [0.2, 0.25) is 0 Å². The van der Waals surface area contributed by atoms with Crippen LogP contribution in [0.3, 0.4) is 0 Å². The molecule has 0 atom stereocenters. The van der Waals surface area contributed by atoms with E-state index in [1.807, 2.05) is 21.1 Å². The van der Waals surface area contributed by atoms with Crippen LogP contribution in [0, 0.1) is 5.41 Å². The van der Waals surface area contributed by atoms with Crippen molar-refractivity contribution in [3.05, 3.63) is 25.3 Å². The van der Waals surface area contributed by atoms with E-state index < -0.39 is 16.3 Å². The van der Waals surface area contributed by atoms with Gasteiger partial charge >= 0.3 is 16.4 Å². The first-order valence-corrected chi connectivity index (χ1v) is 7.16. The first kappa shape index (κ1) is 25.2. The normalized spacial score (nSPS) is 10.0. The van der Waals surface area contributed by atoms with Crippen LogP contribution in [0.25, 0.3) is 0 Å². The smallest absolute Gasteiger partial charge is 0.397 e. The highest BCUT2D eigenvalue weighted by molar-refractivity contribution is 7.80. The fourth-order valence-corrected chi connectivity index (χ4v) is 0.479. The van der Waals surface area contributed by atoms with Crippen LogP contribution >= 0.6 is 0 Å². The Morgan fingerprint density at radius 1 is 1.32 bits per heavy atom. The van der Waals surface area contributed by atoms with Gasteiger partial charge in [-0.3, -0.25) is 8.74 Å². The van der Waals surface area contributed by atoms with E-state index in [1.165, 1.54) is 6.08 Å². The van der Waals surface area contributed by atoms with Crippen molar-refractivity contribution in [3.8, 4) is 0 Å². The molecule has 0 aromatic rings. The Balaban J connectivity index is -0.000000277. The van der Waals surface area contributed by atoms with Gasteiger partial charge < -0.3 is 19.7 Å². The van der Waals surface area contributed by atoms with Gasteiger partial charge in [-0.2, -0.15) is 8.42 Å². The molecule has 10 heteroatoms. The Bertz CT molecular complexity index is 453. The Morgan fingerprint density at radius 2 is 1.68 bits per heavy atom. The van der Waals surface area contributed by atoms with Gasteiger partial charge in [-0.1, -0.05) is 19.2 Å². The van der Waals surface area contributed by atoms with Crippen LogP contribution < -0.4 is 5.11 Å². The van der Waals surface area contributed by atoms with Gasteiger partial charge in [-0.25, -0.2) is 4.79 Å². The molecule has 0 saturated carbocycles. The van der Waals surface area contributed by atoms with Crippen molar-refractivity contribution in [1.29, 1.82) is 5.41 Å². The third-order valence-corrected chi connectivity index (χ3v) is 1.99. The lowest BCUT2D eigenvalue weighted by molar-refractivity contribution is -0.870. The summed E-state index contributed by atoms with van der Waals surface area (Å²) in [6, 6.07) is 0. The third kappa shape index (κ3) is 36.2. The maximum atomic E-state index is 10.6. The maximum Gasteiger partial charge on any atom is 0.397 e. The zero-order valence-electron chi connectivity index (χ0n) is 13.2. The van der Waals surface area contributed by atoms with Crippen LogP contribution in [-0.4, -0.2) is 70.7 Å². The van der Waals surface area contributed by atoms with Crippen molar-refractivity contribution >= 4 is 22.3 Å². The lowest BCUT2D eigenvalue weighted by Gasteiger charge is -2.23. The monoisotopic (exact) mass is 340 g/mol. The summed E-state index contributed by atoms with van der Waals surface area (Å²) in [7, 11) is 2.84. The lowest BCUT2D eigenvalue weighted by Crippen LogP contribution is -2.37. The molecule has 9 nitrogen and oxygen atoms in total. The number of likely N-dealkylation sites (N-methyl/N-ethyl adjacent to an activating group) is 1. The number of esters is 1. The molecular weight excluding hydrogens is 316 g/mol. The topological polar surface area (TPSA) is 137 Å². The molecule has 0 aliphatic carbocycles. The van der Waals surface area contributed by atoms with Gasteiger partial charge in [-0.15, -0.1) is 0 Å². The number of quaternary nitrogens is 1. The van der Waals surface area contributed by atoms with E-state index in [0.29, 0.717) is 6.61 Å². The van der Waals surface area contributed by atoms with Gasteiger partial charge in [0.15, 0.2) is 0 Å². The van der Waals surface area contributed by atoms with Crippen LogP contribution in [0.5, 0.6) is 0 Å². The van der Waals surface area contributed by atoms with Crippen LogP contribution in [0.15, 0.2) is 25.3 Å². The molecule has 130 valence electrons. The lowest BCUT2D eigenvalue weighted by atomic mass is 10.5. The van der Waals surface area contributed by atoms with Gasteiger partial charge in [0, 0.05) is 6.08 Å². The standard InChI is InChI=1S/C8H16NO2.C3H5NO.CH4O4S/c1-5-8(10)11-7-6-9(2,3)4;1-2-3(4)5;1-5-6(2,3)4/h5H,1,6-7H2,2-4H3;2H,1H2,(H2,4,5);1H3,(H,2,3,4)/q+1;;/p-1. The van der Waals surface area contributed by atoms with Crippen molar-refractivity contribution in [2.24, 2.45) is 0 Å². The summed E-state index contributed by atoms with van der Waals surface area (Å²) < 4.78 is 35.3. The summed E-state index contributed by atoms with van der Waals surface area (Å²) in [4.78, 5) is 10.6. The van der Waals surface area contributed by atoms with Gasteiger partial charge in [0.25, 0.3) is 0 Å². The molecule has 0 aromatic heterocycles. The molecule has 0 aliphatic heterocycles. The number of ether oxygens (including phenoxy) is 1. The van der Waals surface area contributed by atoms with Crippen molar-refractivity contribution in [1.82, 2.24) is 0 Å². The molecule has 0 rings (SSSR count). The molecular formula is C12H24N2O7S. The van der Waals surface area contributed by atoms with E-state index in [4.69, 9.17) is 14.7 Å². The quantitative estimate of drug-likeness (QED) is 0.164. The number of carbonyl (C=O) groups excluding carboxylic acids is 1. The minimum Gasteiger partial charge on any atom is -0.859 e. The summed E-state index contributed by atoms with van der Waals surface area (Å²) >= 11 is 0. The zero-order chi connectivity index (χ0) is 18.4. The number of nitrogens with zero attached hydrogens (tertiary/aromatic N) is 1. The molecule has 0 aliphatic rings. The van der Waals surface area contributed by atoms with Crippen LogP contribution in [0.2, 0.25) is 0 Å². The number of hydrogen-bond acceptors (Lipinski definition) is 7. The van der Waals surface area contributed by atoms with E-state index in [0.717, 1.165) is 24.2 Å². The molecule has 2 N–H and O–H groups in total. The average Bonchev–Trinajstić information content (AvgIpc) is 2.37. The molecule has 0 unspecified atom stereocenters. The van der Waals surface area contributed by atoms with Crippen molar-refractivity contribution in [3.63, 3.8) is 0 Å². The predicted octanol–water partition coefficient (Wildman–Crippen LogP) is -0.633. The van der Waals surface area contributed by atoms with Gasteiger partial charge in [0.1, 0.15) is 13.2 Å².